The molecule has 2 rings (SSSR count). The third-order valence-corrected chi connectivity index (χ3v) is 3.80. The predicted molar refractivity (Wildman–Crippen MR) is 65.8 cm³/mol. The number of carbonyl (C=O) groups excluding carboxylic acids is 1. The smallest absolute Gasteiger partial charge is 0.335 e. The van der Waals surface area contributed by atoms with Crippen molar-refractivity contribution in [1.29, 1.82) is 0 Å². The molecule has 0 saturated carbocycles. The van der Waals surface area contributed by atoms with Gasteiger partial charge in [0.15, 0.2) is 0 Å². The average Bonchev–Trinajstić information content (AvgIpc) is 2.64. The highest BCUT2D eigenvalue weighted by molar-refractivity contribution is 6.03. The van der Waals surface area contributed by atoms with Crippen LogP contribution in [0.2, 0.25) is 0 Å². The molecule has 0 fully saturated rings. The van der Waals surface area contributed by atoms with E-state index in [4.69, 9.17) is 4.74 Å². The SMILES string of the molecule is CC(C)OC(=O)C1=C(C(=O)O)C2C=CC1C2(C)C. The normalized spacial score (nSPS) is 28.1. The number of fused-ring (bicyclic) bond motifs is 2. The molecule has 1 N–H and O–H groups in total. The number of esters is 1. The van der Waals surface area contributed by atoms with E-state index >= 15 is 0 Å². The molecule has 2 aliphatic rings. The molecule has 0 aromatic carbocycles. The molecule has 0 heterocycles. The van der Waals surface area contributed by atoms with Gasteiger partial charge in [-0.3, -0.25) is 0 Å². The molecule has 2 bridgehead atoms. The summed E-state index contributed by atoms with van der Waals surface area (Å²) >= 11 is 0. The second kappa shape index (κ2) is 3.97. The largest absolute Gasteiger partial charge is 0.478 e. The summed E-state index contributed by atoms with van der Waals surface area (Å²) < 4.78 is 5.17. The molecule has 0 radical (unpaired) electrons. The van der Waals surface area contributed by atoms with Gasteiger partial charge in [-0.05, 0) is 19.3 Å². The number of carboxylic acid groups (broad SMARTS) is 1. The first kappa shape index (κ1) is 12.9. The highest BCUT2D eigenvalue weighted by Crippen LogP contribution is 2.56. The summed E-state index contributed by atoms with van der Waals surface area (Å²) in [5, 5.41) is 9.32. The van der Waals surface area contributed by atoms with E-state index < -0.39 is 11.9 Å². The first-order chi connectivity index (χ1) is 8.26. The number of aliphatic carboxylic acids is 1. The van der Waals surface area contributed by atoms with Crippen molar-refractivity contribution >= 4 is 11.9 Å². The molecule has 0 amide bonds. The highest BCUT2D eigenvalue weighted by atomic mass is 16.5. The standard InChI is InChI=1S/C14H18O4/c1-7(2)18-13(17)11-9-6-5-8(14(9,3)4)10(11)12(15)16/h5-9H,1-4H3,(H,15,16). The van der Waals surface area contributed by atoms with Crippen molar-refractivity contribution in [3.8, 4) is 0 Å². The molecular weight excluding hydrogens is 232 g/mol. The zero-order valence-corrected chi connectivity index (χ0v) is 11.1. The monoisotopic (exact) mass is 250 g/mol. The van der Waals surface area contributed by atoms with Crippen LogP contribution >= 0.6 is 0 Å². The Bertz CT molecular complexity index is 468. The van der Waals surface area contributed by atoms with Crippen LogP contribution in [0.5, 0.6) is 0 Å². The van der Waals surface area contributed by atoms with Gasteiger partial charge in [-0.25, -0.2) is 9.59 Å². The minimum atomic E-state index is -1.02. The number of hydrogen-bond donors (Lipinski definition) is 1. The maximum absolute atomic E-state index is 12.1. The number of ether oxygens (including phenoxy) is 1. The van der Waals surface area contributed by atoms with E-state index in [1.54, 1.807) is 13.8 Å². The first-order valence-electron chi connectivity index (χ1n) is 6.13. The topological polar surface area (TPSA) is 63.6 Å². The molecule has 0 aromatic heterocycles. The molecule has 2 aliphatic carbocycles. The Balaban J connectivity index is 2.42. The number of rotatable bonds is 3. The molecule has 0 saturated heterocycles. The van der Waals surface area contributed by atoms with E-state index in [2.05, 4.69) is 0 Å². The minimum absolute atomic E-state index is 0.153. The van der Waals surface area contributed by atoms with Crippen molar-refractivity contribution in [3.05, 3.63) is 23.3 Å². The molecular formula is C14H18O4. The molecule has 4 nitrogen and oxygen atoms in total. The number of carboxylic acids is 1. The van der Waals surface area contributed by atoms with Gasteiger partial charge < -0.3 is 9.84 Å². The van der Waals surface area contributed by atoms with Gasteiger partial charge in [0, 0.05) is 11.8 Å². The second-order valence-electron chi connectivity index (χ2n) is 5.75. The van der Waals surface area contributed by atoms with Crippen molar-refractivity contribution in [2.24, 2.45) is 17.3 Å². The Morgan fingerprint density at radius 1 is 1.22 bits per heavy atom. The van der Waals surface area contributed by atoms with Gasteiger partial charge >= 0.3 is 11.9 Å². The van der Waals surface area contributed by atoms with Gasteiger partial charge in [-0.15, -0.1) is 0 Å². The zero-order valence-electron chi connectivity index (χ0n) is 11.1. The second-order valence-corrected chi connectivity index (χ2v) is 5.75. The summed E-state index contributed by atoms with van der Waals surface area (Å²) in [5.74, 6) is -1.86. The summed E-state index contributed by atoms with van der Waals surface area (Å²) in [7, 11) is 0. The van der Waals surface area contributed by atoms with Gasteiger partial charge in [-0.2, -0.15) is 0 Å². The van der Waals surface area contributed by atoms with Crippen LogP contribution in [0.4, 0.5) is 0 Å². The van der Waals surface area contributed by atoms with E-state index in [-0.39, 0.29) is 28.9 Å². The molecule has 4 heteroatoms. The molecule has 2 unspecified atom stereocenters. The predicted octanol–water partition coefficient (Wildman–Crippen LogP) is 2.16. The lowest BCUT2D eigenvalue weighted by Gasteiger charge is -2.25. The Labute approximate surface area is 106 Å². The summed E-state index contributed by atoms with van der Waals surface area (Å²) in [6, 6.07) is 0. The van der Waals surface area contributed by atoms with Gasteiger partial charge in [0.05, 0.1) is 17.3 Å². The fourth-order valence-electron chi connectivity index (χ4n) is 2.95. The van der Waals surface area contributed by atoms with Crippen molar-refractivity contribution in [3.63, 3.8) is 0 Å². The van der Waals surface area contributed by atoms with E-state index in [1.165, 1.54) is 0 Å². The van der Waals surface area contributed by atoms with E-state index in [1.807, 2.05) is 26.0 Å². The van der Waals surface area contributed by atoms with Gasteiger partial charge in [0.2, 0.25) is 0 Å². The molecule has 0 aromatic rings. The third-order valence-electron chi connectivity index (χ3n) is 3.80. The fourth-order valence-corrected chi connectivity index (χ4v) is 2.95. The number of carbonyl (C=O) groups is 2. The lowest BCUT2D eigenvalue weighted by molar-refractivity contribution is -0.144. The zero-order chi connectivity index (χ0) is 13.7. The summed E-state index contributed by atoms with van der Waals surface area (Å²) in [6.07, 6.45) is 3.57. The molecule has 0 spiro atoms. The third kappa shape index (κ3) is 1.67. The summed E-state index contributed by atoms with van der Waals surface area (Å²) in [4.78, 5) is 23.5. The fraction of sp³-hybridized carbons (Fsp3) is 0.571. The maximum atomic E-state index is 12.1. The molecule has 98 valence electrons. The van der Waals surface area contributed by atoms with E-state index in [0.717, 1.165) is 0 Å². The lowest BCUT2D eigenvalue weighted by atomic mass is 9.77. The summed E-state index contributed by atoms with van der Waals surface area (Å²) in [6.45, 7) is 7.49. The Morgan fingerprint density at radius 3 is 2.17 bits per heavy atom. The number of allylic oxidation sites excluding steroid dienone is 2. The van der Waals surface area contributed by atoms with Crippen LogP contribution in [0.1, 0.15) is 27.7 Å². The van der Waals surface area contributed by atoms with Crippen LogP contribution in [-0.2, 0) is 14.3 Å². The Morgan fingerprint density at radius 2 is 1.72 bits per heavy atom. The van der Waals surface area contributed by atoms with Crippen LogP contribution in [0.3, 0.4) is 0 Å². The lowest BCUT2D eigenvalue weighted by Crippen LogP contribution is -2.23. The van der Waals surface area contributed by atoms with Crippen molar-refractivity contribution in [2.45, 2.75) is 33.8 Å². The van der Waals surface area contributed by atoms with Crippen molar-refractivity contribution in [1.82, 2.24) is 0 Å². The first-order valence-corrected chi connectivity index (χ1v) is 6.13. The average molecular weight is 250 g/mol. The Hall–Kier alpha value is -1.58. The van der Waals surface area contributed by atoms with Crippen LogP contribution in [0.25, 0.3) is 0 Å². The number of hydrogen-bond acceptors (Lipinski definition) is 3. The summed E-state index contributed by atoms with van der Waals surface area (Å²) in [5.41, 5.74) is 0.283. The van der Waals surface area contributed by atoms with Gasteiger partial charge in [-0.1, -0.05) is 26.0 Å². The molecule has 0 aliphatic heterocycles. The van der Waals surface area contributed by atoms with E-state index in [0.29, 0.717) is 5.57 Å². The van der Waals surface area contributed by atoms with Gasteiger partial charge in [0.1, 0.15) is 0 Å². The maximum Gasteiger partial charge on any atom is 0.335 e. The van der Waals surface area contributed by atoms with Gasteiger partial charge in [0.25, 0.3) is 0 Å². The van der Waals surface area contributed by atoms with Crippen molar-refractivity contribution in [2.75, 3.05) is 0 Å². The highest BCUT2D eigenvalue weighted by Gasteiger charge is 2.54. The van der Waals surface area contributed by atoms with Crippen LogP contribution in [0.15, 0.2) is 23.3 Å². The van der Waals surface area contributed by atoms with Crippen LogP contribution in [-0.4, -0.2) is 23.1 Å². The van der Waals surface area contributed by atoms with Crippen molar-refractivity contribution < 1.29 is 19.4 Å². The van der Waals surface area contributed by atoms with Crippen LogP contribution in [0, 0.1) is 17.3 Å². The quantitative estimate of drug-likeness (QED) is 0.616. The Kier molecular flexibility index (Phi) is 2.84. The molecule has 2 atom stereocenters. The molecule has 18 heavy (non-hydrogen) atoms. The van der Waals surface area contributed by atoms with Crippen LogP contribution < -0.4 is 0 Å². The van der Waals surface area contributed by atoms with E-state index in [9.17, 15) is 14.7 Å². The minimum Gasteiger partial charge on any atom is -0.478 e.